The summed E-state index contributed by atoms with van der Waals surface area (Å²) in [7, 11) is 2.13. The molecule has 0 spiro atoms. The summed E-state index contributed by atoms with van der Waals surface area (Å²) in [4.78, 5) is 13.9. The third-order valence-corrected chi connectivity index (χ3v) is 3.36. The van der Waals surface area contributed by atoms with Crippen molar-refractivity contribution in [2.45, 2.75) is 51.3 Å². The molecule has 0 aliphatic carbocycles. The molecule has 2 heterocycles. The van der Waals surface area contributed by atoms with Crippen LogP contribution in [-0.4, -0.2) is 60.9 Å². The zero-order chi connectivity index (χ0) is 13.8. The number of hydrogen-bond acceptors (Lipinski definition) is 4. The Morgan fingerprint density at radius 1 is 1.28 bits per heavy atom. The van der Waals surface area contributed by atoms with Gasteiger partial charge in [-0.25, -0.2) is 4.39 Å². The van der Waals surface area contributed by atoms with E-state index >= 15 is 0 Å². The molecule has 0 aromatic rings. The van der Waals surface area contributed by atoms with Crippen molar-refractivity contribution in [3.8, 4) is 0 Å². The second-order valence-corrected chi connectivity index (χ2v) is 6.07. The Morgan fingerprint density at radius 3 is 2.06 bits per heavy atom. The second kappa shape index (κ2) is 6.48. The Bertz CT molecular complexity index is 254. The van der Waals surface area contributed by atoms with Crippen LogP contribution in [0.5, 0.6) is 0 Å². The van der Waals surface area contributed by atoms with E-state index in [0.29, 0.717) is 18.6 Å². The maximum absolute atomic E-state index is 12.5. The number of likely N-dealkylation sites (N-methyl/N-ethyl adjacent to an activating group) is 1. The van der Waals surface area contributed by atoms with E-state index in [1.54, 1.807) is 0 Å². The first-order chi connectivity index (χ1) is 8.37. The zero-order valence-corrected chi connectivity index (χ0v) is 11.9. The molecule has 2 unspecified atom stereocenters. The fraction of sp³-hybridized carbons (Fsp3) is 0.923. The number of nitrogens with zero attached hydrogens (tertiary/aromatic N) is 2. The molecule has 0 radical (unpaired) electrons. The van der Waals surface area contributed by atoms with Gasteiger partial charge in [-0.15, -0.1) is 0 Å². The fourth-order valence-electron chi connectivity index (χ4n) is 2.54. The van der Waals surface area contributed by atoms with Crippen LogP contribution in [0.1, 0.15) is 33.6 Å². The molecule has 0 aromatic carbocycles. The van der Waals surface area contributed by atoms with Crippen LogP contribution in [0.2, 0.25) is 0 Å². The minimum Gasteiger partial charge on any atom is -0.462 e. The van der Waals surface area contributed by atoms with Crippen molar-refractivity contribution < 1.29 is 13.9 Å². The number of rotatable bonds is 2. The maximum atomic E-state index is 12.5. The molecule has 0 N–H and O–H groups in total. The Balaban J connectivity index is 0.000000203. The average Bonchev–Trinajstić information content (AvgIpc) is 2.49. The van der Waals surface area contributed by atoms with Gasteiger partial charge in [0, 0.05) is 25.2 Å². The van der Waals surface area contributed by atoms with Crippen molar-refractivity contribution in [2.75, 3.05) is 26.9 Å². The molecular weight excluding hydrogens is 235 g/mol. The molecule has 18 heavy (non-hydrogen) atoms. The Morgan fingerprint density at radius 2 is 1.78 bits per heavy atom. The van der Waals surface area contributed by atoms with Gasteiger partial charge in [-0.05, 0) is 40.7 Å². The van der Waals surface area contributed by atoms with Crippen LogP contribution in [-0.2, 0) is 9.53 Å². The van der Waals surface area contributed by atoms with Gasteiger partial charge in [0.25, 0.3) is 6.47 Å². The lowest BCUT2D eigenvalue weighted by atomic mass is 10.2. The lowest BCUT2D eigenvalue weighted by molar-refractivity contribution is -0.138. The van der Waals surface area contributed by atoms with Crippen LogP contribution in [0.4, 0.5) is 4.39 Å². The molecular formula is C13H25FN2O2. The van der Waals surface area contributed by atoms with Crippen molar-refractivity contribution in [1.29, 1.82) is 0 Å². The van der Waals surface area contributed by atoms with E-state index < -0.39 is 0 Å². The number of alkyl halides is 1. The number of hydrogen-bond donors (Lipinski definition) is 0. The van der Waals surface area contributed by atoms with Gasteiger partial charge in [0.1, 0.15) is 12.4 Å². The number of ether oxygens (including phenoxy) is 1. The summed E-state index contributed by atoms with van der Waals surface area (Å²) in [6.45, 7) is 7.79. The summed E-state index contributed by atoms with van der Waals surface area (Å²) < 4.78 is 17.0. The Kier molecular flexibility index (Phi) is 5.53. The Hall–Kier alpha value is -0.680. The standard InChI is InChI=1S/C8H15FN2.C5H10O2/c1-10-4-7-2-3-8(5-10)11(7)6-9;1-5(2,3)7-4-6/h7-8H,2-6H2,1H3;4H,1-3H3. The van der Waals surface area contributed by atoms with Crippen molar-refractivity contribution in [1.82, 2.24) is 9.80 Å². The summed E-state index contributed by atoms with van der Waals surface area (Å²) in [5.41, 5.74) is -0.318. The van der Waals surface area contributed by atoms with E-state index in [1.165, 1.54) is 12.8 Å². The van der Waals surface area contributed by atoms with Crippen LogP contribution < -0.4 is 0 Å². The average molecular weight is 260 g/mol. The van der Waals surface area contributed by atoms with Crippen LogP contribution >= 0.6 is 0 Å². The molecule has 4 nitrogen and oxygen atoms in total. The summed E-state index contributed by atoms with van der Waals surface area (Å²) in [6, 6.07) is 1.01. The first-order valence-electron chi connectivity index (χ1n) is 6.49. The third kappa shape index (κ3) is 4.53. The SMILES string of the molecule is CC(C)(C)OC=O.CN1CC2CCC(C1)N2CF. The van der Waals surface area contributed by atoms with E-state index in [-0.39, 0.29) is 12.4 Å². The number of carbonyl (C=O) groups is 1. The number of carbonyl (C=O) groups excluding carboxylic acids is 1. The molecule has 106 valence electrons. The van der Waals surface area contributed by atoms with Gasteiger partial charge in [0.05, 0.1) is 0 Å². The highest BCUT2D eigenvalue weighted by molar-refractivity contribution is 5.37. The van der Waals surface area contributed by atoms with Gasteiger partial charge < -0.3 is 9.64 Å². The highest BCUT2D eigenvalue weighted by atomic mass is 19.1. The van der Waals surface area contributed by atoms with Crippen LogP contribution in [0, 0.1) is 0 Å². The predicted molar refractivity (Wildman–Crippen MR) is 69.0 cm³/mol. The molecule has 2 rings (SSSR count). The highest BCUT2D eigenvalue weighted by Crippen LogP contribution is 2.28. The fourth-order valence-corrected chi connectivity index (χ4v) is 2.54. The number of piperazine rings is 1. The normalized spacial score (nSPS) is 28.5. The first kappa shape index (κ1) is 15.4. The zero-order valence-electron chi connectivity index (χ0n) is 11.9. The van der Waals surface area contributed by atoms with Crippen molar-refractivity contribution >= 4 is 6.47 Å². The minimum atomic E-state index is -0.318. The number of halogens is 1. The molecule has 5 heteroatoms. The second-order valence-electron chi connectivity index (χ2n) is 6.07. The lowest BCUT2D eigenvalue weighted by Gasteiger charge is -2.37. The topological polar surface area (TPSA) is 32.8 Å². The summed E-state index contributed by atoms with van der Waals surface area (Å²) in [5.74, 6) is 0. The van der Waals surface area contributed by atoms with E-state index in [1.807, 2.05) is 25.7 Å². The van der Waals surface area contributed by atoms with Crippen molar-refractivity contribution in [3.63, 3.8) is 0 Å². The molecule has 0 aromatic heterocycles. The van der Waals surface area contributed by atoms with Gasteiger partial charge in [0.2, 0.25) is 0 Å². The van der Waals surface area contributed by atoms with Gasteiger partial charge in [0.15, 0.2) is 0 Å². The monoisotopic (exact) mass is 260 g/mol. The molecule has 2 saturated heterocycles. The van der Waals surface area contributed by atoms with Crippen LogP contribution in [0.15, 0.2) is 0 Å². The quantitative estimate of drug-likeness (QED) is 0.558. The molecule has 2 aliphatic heterocycles. The third-order valence-electron chi connectivity index (χ3n) is 3.36. The number of likely N-dealkylation sites (tertiary alicyclic amines) is 1. The molecule has 2 aliphatic rings. The summed E-state index contributed by atoms with van der Waals surface area (Å²) in [5, 5.41) is 0. The molecule has 0 amide bonds. The minimum absolute atomic E-state index is 0.247. The molecule has 2 bridgehead atoms. The summed E-state index contributed by atoms with van der Waals surface area (Å²) in [6.07, 6.45) is 2.39. The van der Waals surface area contributed by atoms with Gasteiger partial charge in [-0.2, -0.15) is 0 Å². The first-order valence-corrected chi connectivity index (χ1v) is 6.49. The largest absolute Gasteiger partial charge is 0.462 e. The van der Waals surface area contributed by atoms with Gasteiger partial charge >= 0.3 is 0 Å². The van der Waals surface area contributed by atoms with E-state index in [0.717, 1.165) is 13.1 Å². The van der Waals surface area contributed by atoms with Crippen molar-refractivity contribution in [3.05, 3.63) is 0 Å². The predicted octanol–water partition coefficient (Wildman–Crippen LogP) is 1.65. The Labute approximate surface area is 109 Å². The smallest absolute Gasteiger partial charge is 0.293 e. The van der Waals surface area contributed by atoms with E-state index in [9.17, 15) is 9.18 Å². The number of fused-ring (bicyclic) bond motifs is 2. The van der Waals surface area contributed by atoms with E-state index in [2.05, 4.69) is 16.7 Å². The van der Waals surface area contributed by atoms with Gasteiger partial charge in [-0.3, -0.25) is 9.69 Å². The van der Waals surface area contributed by atoms with Crippen molar-refractivity contribution in [2.24, 2.45) is 0 Å². The molecule has 0 saturated carbocycles. The lowest BCUT2D eigenvalue weighted by Crippen LogP contribution is -2.51. The molecule has 2 atom stereocenters. The maximum Gasteiger partial charge on any atom is 0.293 e. The van der Waals surface area contributed by atoms with Crippen LogP contribution in [0.3, 0.4) is 0 Å². The summed E-state index contributed by atoms with van der Waals surface area (Å²) >= 11 is 0. The van der Waals surface area contributed by atoms with E-state index in [4.69, 9.17) is 0 Å². The highest BCUT2D eigenvalue weighted by Gasteiger charge is 2.38. The van der Waals surface area contributed by atoms with Crippen LogP contribution in [0.25, 0.3) is 0 Å². The van der Waals surface area contributed by atoms with Gasteiger partial charge in [-0.1, -0.05) is 0 Å². The molecule has 2 fully saturated rings.